The summed E-state index contributed by atoms with van der Waals surface area (Å²) in [7, 11) is -3.50. The van der Waals surface area contributed by atoms with Gasteiger partial charge in [0.05, 0.1) is 19.2 Å². The van der Waals surface area contributed by atoms with Crippen LogP contribution in [0.2, 0.25) is 0 Å². The Balaban J connectivity index is 2.85. The van der Waals surface area contributed by atoms with Gasteiger partial charge in [-0.2, -0.15) is 22.6 Å². The first-order valence-corrected chi connectivity index (χ1v) is 6.74. The fourth-order valence-corrected chi connectivity index (χ4v) is 2.44. The number of aliphatic carboxylic acids is 1. The second kappa shape index (κ2) is 5.79. The van der Waals surface area contributed by atoms with E-state index in [0.717, 1.165) is 24.1 Å². The van der Waals surface area contributed by atoms with Gasteiger partial charge in [0.25, 0.3) is 0 Å². The molecule has 0 fully saturated rings. The highest BCUT2D eigenvalue weighted by Crippen LogP contribution is 2.20. The Kier molecular flexibility index (Phi) is 4.76. The van der Waals surface area contributed by atoms with Crippen LogP contribution in [0.3, 0.4) is 0 Å². The van der Waals surface area contributed by atoms with Crippen molar-refractivity contribution in [2.45, 2.75) is 24.0 Å². The molecule has 0 aliphatic carbocycles. The van der Waals surface area contributed by atoms with E-state index in [4.69, 9.17) is 5.11 Å². The van der Waals surface area contributed by atoms with Gasteiger partial charge < -0.3 is 5.11 Å². The van der Waals surface area contributed by atoms with Crippen LogP contribution >= 0.6 is 0 Å². The van der Waals surface area contributed by atoms with Crippen molar-refractivity contribution in [2.75, 3.05) is 13.6 Å². The fourth-order valence-electron chi connectivity index (χ4n) is 1.33. The zero-order chi connectivity index (χ0) is 15.6. The molecule has 0 aliphatic rings. The molecule has 0 unspecified atom stereocenters. The van der Waals surface area contributed by atoms with E-state index in [0.29, 0.717) is 0 Å². The van der Waals surface area contributed by atoms with Crippen LogP contribution in [0, 0.1) is 0 Å². The largest absolute Gasteiger partial charge is 0.481 e. The van der Waals surface area contributed by atoms with Gasteiger partial charge in [-0.1, -0.05) is 0 Å². The Morgan fingerprint density at radius 3 is 2.60 bits per heavy atom. The van der Waals surface area contributed by atoms with E-state index in [2.05, 4.69) is 5.10 Å². The minimum Gasteiger partial charge on any atom is -0.481 e. The Morgan fingerprint density at radius 2 is 2.10 bits per heavy atom. The third-order valence-electron chi connectivity index (χ3n) is 2.27. The lowest BCUT2D eigenvalue weighted by atomic mass is 10.4. The lowest BCUT2D eigenvalue weighted by Gasteiger charge is -2.17. The summed E-state index contributed by atoms with van der Waals surface area (Å²) in [4.78, 5) is 9.93. The predicted octanol–water partition coefficient (Wildman–Crippen LogP) is 0.541. The summed E-state index contributed by atoms with van der Waals surface area (Å²) >= 11 is 0. The molecule has 114 valence electrons. The van der Waals surface area contributed by atoms with Crippen molar-refractivity contribution in [3.05, 3.63) is 12.4 Å². The highest BCUT2D eigenvalue weighted by atomic mass is 32.2. The minimum atomic E-state index is -4.65. The van der Waals surface area contributed by atoms with Crippen LogP contribution in [0.5, 0.6) is 0 Å². The van der Waals surface area contributed by atoms with Gasteiger partial charge in [-0.15, -0.1) is 0 Å². The van der Waals surface area contributed by atoms with Gasteiger partial charge in [-0.25, -0.2) is 8.42 Å². The second-order valence-corrected chi connectivity index (χ2v) is 6.00. The number of aromatic nitrogens is 2. The molecule has 1 N–H and O–H groups in total. The molecule has 1 rings (SSSR count). The number of alkyl halides is 3. The normalized spacial score (nSPS) is 12.8. The van der Waals surface area contributed by atoms with Crippen molar-refractivity contribution in [3.63, 3.8) is 0 Å². The lowest BCUT2D eigenvalue weighted by Crippen LogP contribution is -2.35. The number of nitrogens with zero attached hydrogens (tertiary/aromatic N) is 3. The molecule has 0 bridgehead atoms. The molecule has 1 aromatic heterocycles. The second-order valence-electron chi connectivity index (χ2n) is 3.96. The van der Waals surface area contributed by atoms with E-state index >= 15 is 0 Å². The quantitative estimate of drug-likeness (QED) is 0.827. The summed E-state index contributed by atoms with van der Waals surface area (Å²) in [6.07, 6.45) is -3.06. The smallest absolute Gasteiger partial charge is 0.402 e. The van der Waals surface area contributed by atoms with Crippen molar-refractivity contribution in [1.29, 1.82) is 0 Å². The number of sulfonamides is 1. The molecule has 0 atom stereocenters. The Hall–Kier alpha value is -1.62. The maximum Gasteiger partial charge on any atom is 0.402 e. The average molecular weight is 315 g/mol. The molecule has 0 saturated heterocycles. The topological polar surface area (TPSA) is 92.5 Å². The Morgan fingerprint density at radius 1 is 1.50 bits per heavy atom. The summed E-state index contributed by atoms with van der Waals surface area (Å²) in [6.45, 7) is -1.69. The third-order valence-corrected chi connectivity index (χ3v) is 4.03. The van der Waals surface area contributed by atoms with E-state index < -0.39 is 33.6 Å². The number of aryl methyl sites for hydroxylation is 1. The summed E-state index contributed by atoms with van der Waals surface area (Å²) in [5, 5.41) is 12.1. The minimum absolute atomic E-state index is 0.0756. The summed E-state index contributed by atoms with van der Waals surface area (Å²) in [5.41, 5.74) is 0. The van der Waals surface area contributed by atoms with Crippen LogP contribution in [0.15, 0.2) is 17.3 Å². The van der Waals surface area contributed by atoms with Crippen LogP contribution in [-0.2, 0) is 21.4 Å². The van der Waals surface area contributed by atoms with E-state index in [1.807, 2.05) is 0 Å². The maximum absolute atomic E-state index is 12.2. The standard InChI is InChI=1S/C9H12F3N3O4S/c1-14(6-9(10,11)12)20(18,19)7-4-13-15(5-7)3-2-8(16)17/h4-5H,2-3,6H2,1H3,(H,16,17). The van der Waals surface area contributed by atoms with Crippen LogP contribution in [0.1, 0.15) is 6.42 Å². The van der Waals surface area contributed by atoms with Gasteiger partial charge in [0.1, 0.15) is 11.4 Å². The molecule has 7 nitrogen and oxygen atoms in total. The van der Waals surface area contributed by atoms with Crippen LogP contribution < -0.4 is 0 Å². The lowest BCUT2D eigenvalue weighted by molar-refractivity contribution is -0.137. The third kappa shape index (κ3) is 4.49. The summed E-state index contributed by atoms with van der Waals surface area (Å²) < 4.78 is 61.4. The monoisotopic (exact) mass is 315 g/mol. The van der Waals surface area contributed by atoms with E-state index in [9.17, 15) is 26.4 Å². The molecule has 0 amide bonds. The molecule has 0 aromatic carbocycles. The molecule has 0 radical (unpaired) electrons. The van der Waals surface area contributed by atoms with E-state index in [1.54, 1.807) is 0 Å². The summed E-state index contributed by atoms with van der Waals surface area (Å²) in [6, 6.07) is 0. The van der Waals surface area contributed by atoms with Gasteiger partial charge in [-0.3, -0.25) is 9.48 Å². The van der Waals surface area contributed by atoms with Crippen molar-refractivity contribution in [3.8, 4) is 0 Å². The molecular weight excluding hydrogens is 303 g/mol. The molecule has 20 heavy (non-hydrogen) atoms. The van der Waals surface area contributed by atoms with Crippen LogP contribution in [0.4, 0.5) is 13.2 Å². The SMILES string of the molecule is CN(CC(F)(F)F)S(=O)(=O)c1cnn(CCC(=O)O)c1. The van der Waals surface area contributed by atoms with Gasteiger partial charge in [-0.05, 0) is 0 Å². The van der Waals surface area contributed by atoms with Crippen molar-refractivity contribution in [1.82, 2.24) is 14.1 Å². The van der Waals surface area contributed by atoms with Crippen molar-refractivity contribution >= 4 is 16.0 Å². The zero-order valence-corrected chi connectivity index (χ0v) is 11.1. The zero-order valence-electron chi connectivity index (χ0n) is 10.3. The predicted molar refractivity (Wildman–Crippen MR) is 60.4 cm³/mol. The Labute approximate surface area is 112 Å². The van der Waals surface area contributed by atoms with Crippen LogP contribution in [-0.4, -0.2) is 53.3 Å². The van der Waals surface area contributed by atoms with E-state index in [-0.39, 0.29) is 17.3 Å². The summed E-state index contributed by atoms with van der Waals surface area (Å²) in [5.74, 6) is -1.10. The molecule has 1 aromatic rings. The number of carboxylic acid groups (broad SMARTS) is 1. The van der Waals surface area contributed by atoms with Gasteiger partial charge in [0.2, 0.25) is 10.0 Å². The molecular formula is C9H12F3N3O4S. The first-order chi connectivity index (χ1) is 9.02. The number of carboxylic acids is 1. The molecule has 0 saturated carbocycles. The molecule has 0 spiro atoms. The van der Waals surface area contributed by atoms with Crippen molar-refractivity contribution in [2.24, 2.45) is 0 Å². The Bertz CT molecular complexity index is 582. The van der Waals surface area contributed by atoms with Crippen LogP contribution in [0.25, 0.3) is 0 Å². The van der Waals surface area contributed by atoms with E-state index in [1.165, 1.54) is 0 Å². The van der Waals surface area contributed by atoms with Gasteiger partial charge in [0, 0.05) is 13.2 Å². The molecule has 1 heterocycles. The first kappa shape index (κ1) is 16.4. The van der Waals surface area contributed by atoms with Gasteiger partial charge in [0.15, 0.2) is 0 Å². The highest BCUT2D eigenvalue weighted by molar-refractivity contribution is 7.89. The number of carbonyl (C=O) groups is 1. The number of hydrogen-bond donors (Lipinski definition) is 1. The average Bonchev–Trinajstić information content (AvgIpc) is 2.72. The first-order valence-electron chi connectivity index (χ1n) is 5.30. The fraction of sp³-hybridized carbons (Fsp3) is 0.556. The number of hydrogen-bond acceptors (Lipinski definition) is 4. The molecule has 11 heteroatoms. The number of halogens is 3. The maximum atomic E-state index is 12.2. The number of rotatable bonds is 6. The highest BCUT2D eigenvalue weighted by Gasteiger charge is 2.35. The molecule has 0 aliphatic heterocycles. The van der Waals surface area contributed by atoms with Gasteiger partial charge >= 0.3 is 12.1 Å². The van der Waals surface area contributed by atoms with Crippen molar-refractivity contribution < 1.29 is 31.5 Å².